The smallest absolute Gasteiger partial charge is 0.399 e. The lowest BCUT2D eigenvalue weighted by molar-refractivity contribution is 0.00578. The molecule has 1 aromatic carbocycles. The molecule has 9 heteroatoms. The fourth-order valence-corrected chi connectivity index (χ4v) is 4.80. The Hall–Kier alpha value is -2.20. The molecule has 0 N–H and O–H groups in total. The van der Waals surface area contributed by atoms with Crippen LogP contribution < -0.4 is 5.46 Å². The van der Waals surface area contributed by atoms with E-state index in [0.717, 1.165) is 45.8 Å². The van der Waals surface area contributed by atoms with Gasteiger partial charge in [-0.15, -0.1) is 0 Å². The Morgan fingerprint density at radius 2 is 1.77 bits per heavy atom. The van der Waals surface area contributed by atoms with Crippen molar-refractivity contribution in [1.82, 2.24) is 19.6 Å². The molecule has 35 heavy (non-hydrogen) atoms. The fourth-order valence-electron chi connectivity index (χ4n) is 4.04. The van der Waals surface area contributed by atoms with Crippen molar-refractivity contribution >= 4 is 43.7 Å². The Labute approximate surface area is 210 Å². The molecule has 1 aliphatic heterocycles. The van der Waals surface area contributed by atoms with Crippen LogP contribution in [0.15, 0.2) is 24.5 Å². The molecule has 0 bridgehead atoms. The monoisotopic (exact) mass is 494 g/mol. The second-order valence-electron chi connectivity index (χ2n) is 11.8. The highest BCUT2D eigenvalue weighted by atomic mass is 28.3. The highest BCUT2D eigenvalue weighted by molar-refractivity contribution is 6.76. The van der Waals surface area contributed by atoms with Gasteiger partial charge in [-0.2, -0.15) is 10.2 Å². The number of ether oxygens (including phenoxy) is 1. The maximum atomic E-state index is 6.37. The summed E-state index contributed by atoms with van der Waals surface area (Å²) in [6.07, 6.45) is 7.91. The van der Waals surface area contributed by atoms with Gasteiger partial charge >= 0.3 is 7.12 Å². The average molecular weight is 495 g/mol. The van der Waals surface area contributed by atoms with Gasteiger partial charge < -0.3 is 14.0 Å². The van der Waals surface area contributed by atoms with E-state index in [-0.39, 0.29) is 0 Å². The summed E-state index contributed by atoms with van der Waals surface area (Å²) in [6.45, 7) is 18.7. The van der Waals surface area contributed by atoms with Crippen molar-refractivity contribution in [2.45, 2.75) is 78.2 Å². The van der Waals surface area contributed by atoms with E-state index in [9.17, 15) is 0 Å². The van der Waals surface area contributed by atoms with Crippen LogP contribution in [0.3, 0.4) is 0 Å². The minimum Gasteiger partial charge on any atom is -0.399 e. The van der Waals surface area contributed by atoms with Gasteiger partial charge in [0.2, 0.25) is 0 Å². The topological polar surface area (TPSA) is 63.3 Å². The number of hydrogen-bond donors (Lipinski definition) is 0. The molecule has 4 rings (SSSR count). The number of rotatable bonds is 8. The fraction of sp³-hybridized carbons (Fsp3) is 0.538. The van der Waals surface area contributed by atoms with Crippen molar-refractivity contribution in [2.24, 2.45) is 7.05 Å². The molecule has 0 aliphatic carbocycles. The normalized spacial score (nSPS) is 17.8. The Morgan fingerprint density at radius 1 is 1.09 bits per heavy atom. The molecule has 0 atom stereocenters. The molecule has 3 heterocycles. The molecular weight excluding hydrogens is 455 g/mol. The summed E-state index contributed by atoms with van der Waals surface area (Å²) in [6, 6.07) is 5.47. The number of aromatic nitrogens is 4. The number of hydrogen-bond acceptors (Lipinski definition) is 5. The summed E-state index contributed by atoms with van der Waals surface area (Å²) < 4.78 is 22.6. The zero-order valence-electron chi connectivity index (χ0n) is 22.7. The van der Waals surface area contributed by atoms with Crippen molar-refractivity contribution in [3.8, 4) is 0 Å². The molecule has 7 nitrogen and oxygen atoms in total. The molecular formula is C26H39BN4O3Si. The molecule has 1 saturated heterocycles. The van der Waals surface area contributed by atoms with E-state index < -0.39 is 26.4 Å². The molecule has 0 amide bonds. The quantitative estimate of drug-likeness (QED) is 0.331. The lowest BCUT2D eigenvalue weighted by Crippen LogP contribution is -2.41. The highest BCUT2D eigenvalue weighted by Crippen LogP contribution is 2.37. The largest absolute Gasteiger partial charge is 0.495 e. The minimum absolute atomic E-state index is 0.392. The van der Waals surface area contributed by atoms with Crippen LogP contribution in [0, 0.1) is 6.92 Å². The summed E-state index contributed by atoms with van der Waals surface area (Å²) >= 11 is 0. The van der Waals surface area contributed by atoms with Gasteiger partial charge in [-0.25, -0.2) is 4.68 Å². The summed E-state index contributed by atoms with van der Waals surface area (Å²) in [5.41, 5.74) is 4.32. The molecule has 0 spiro atoms. The van der Waals surface area contributed by atoms with Gasteiger partial charge in [0.05, 0.1) is 28.6 Å². The van der Waals surface area contributed by atoms with Crippen LogP contribution in [0.1, 0.15) is 44.5 Å². The van der Waals surface area contributed by atoms with Crippen LogP contribution in [0.25, 0.3) is 23.1 Å². The number of aryl methyl sites for hydroxylation is 2. The van der Waals surface area contributed by atoms with E-state index in [0.29, 0.717) is 6.73 Å². The third kappa shape index (κ3) is 5.63. The van der Waals surface area contributed by atoms with E-state index >= 15 is 0 Å². The predicted molar refractivity (Wildman–Crippen MR) is 146 cm³/mol. The minimum atomic E-state index is -1.15. The summed E-state index contributed by atoms with van der Waals surface area (Å²) in [5, 5.41) is 10.2. The lowest BCUT2D eigenvalue weighted by atomic mass is 9.75. The molecule has 188 valence electrons. The zero-order valence-corrected chi connectivity index (χ0v) is 23.7. The van der Waals surface area contributed by atoms with Gasteiger partial charge in [0.15, 0.2) is 0 Å². The standard InChI is InChI=1S/C26H39BN4O3Si/c1-19-14-24-21(15-22(19)27-33-25(2,3)26(4,5)34-27)23(11-10-20-16-28-30(6)17-20)29-31(24)18-32-12-13-35(7,8)9/h10-11,14-17H,12-13,18H2,1-9H3/b11-10+. The average Bonchev–Trinajstić information content (AvgIpc) is 3.36. The van der Waals surface area contributed by atoms with Gasteiger partial charge in [-0.3, -0.25) is 4.68 Å². The first-order valence-electron chi connectivity index (χ1n) is 12.4. The van der Waals surface area contributed by atoms with Crippen molar-refractivity contribution in [2.75, 3.05) is 6.61 Å². The first kappa shape index (κ1) is 25.9. The molecule has 0 unspecified atom stereocenters. The predicted octanol–water partition coefficient (Wildman–Crippen LogP) is 4.86. The molecule has 0 saturated carbocycles. The highest BCUT2D eigenvalue weighted by Gasteiger charge is 2.52. The molecule has 1 aliphatic rings. The second-order valence-corrected chi connectivity index (χ2v) is 17.4. The first-order valence-corrected chi connectivity index (χ1v) is 16.1. The molecule has 1 fully saturated rings. The maximum absolute atomic E-state index is 6.37. The van der Waals surface area contributed by atoms with Crippen LogP contribution >= 0.6 is 0 Å². The van der Waals surface area contributed by atoms with Gasteiger partial charge in [-0.1, -0.05) is 25.7 Å². The SMILES string of the molecule is Cc1cc2c(cc1B1OC(C)(C)C(C)(C)O1)c(/C=C/c1cnn(C)c1)nn2COCC[Si](C)(C)C. The summed E-state index contributed by atoms with van der Waals surface area (Å²) in [5.74, 6) is 0. The Kier molecular flexibility index (Phi) is 6.92. The van der Waals surface area contributed by atoms with Crippen molar-refractivity contribution in [3.05, 3.63) is 41.3 Å². The molecule has 0 radical (unpaired) electrons. The maximum Gasteiger partial charge on any atom is 0.495 e. The number of fused-ring (bicyclic) bond motifs is 1. The summed E-state index contributed by atoms with van der Waals surface area (Å²) in [7, 11) is 0.346. The van der Waals surface area contributed by atoms with Crippen LogP contribution in [0.4, 0.5) is 0 Å². The van der Waals surface area contributed by atoms with Gasteiger partial charge in [0.25, 0.3) is 0 Å². The first-order chi connectivity index (χ1) is 16.3. The number of nitrogens with zero attached hydrogens (tertiary/aromatic N) is 4. The van der Waals surface area contributed by atoms with Crippen LogP contribution in [0.5, 0.6) is 0 Å². The van der Waals surface area contributed by atoms with E-state index in [1.165, 1.54) is 0 Å². The van der Waals surface area contributed by atoms with Crippen molar-refractivity contribution in [1.29, 1.82) is 0 Å². The van der Waals surface area contributed by atoms with Crippen molar-refractivity contribution < 1.29 is 14.0 Å². The van der Waals surface area contributed by atoms with E-state index in [4.69, 9.17) is 19.1 Å². The van der Waals surface area contributed by atoms with E-state index in [2.05, 4.69) is 71.5 Å². The Bertz CT molecular complexity index is 1220. The Morgan fingerprint density at radius 3 is 2.37 bits per heavy atom. The van der Waals surface area contributed by atoms with E-state index in [1.54, 1.807) is 4.68 Å². The Balaban J connectivity index is 1.70. The van der Waals surface area contributed by atoms with Crippen LogP contribution in [0.2, 0.25) is 25.7 Å². The molecule has 2 aromatic heterocycles. The van der Waals surface area contributed by atoms with Crippen molar-refractivity contribution in [3.63, 3.8) is 0 Å². The second kappa shape index (κ2) is 9.35. The van der Waals surface area contributed by atoms with Crippen LogP contribution in [-0.2, 0) is 27.8 Å². The van der Waals surface area contributed by atoms with E-state index in [1.807, 2.05) is 36.3 Å². The zero-order chi connectivity index (χ0) is 25.6. The third-order valence-corrected chi connectivity index (χ3v) is 8.75. The van der Waals surface area contributed by atoms with Crippen LogP contribution in [-0.4, -0.2) is 52.6 Å². The number of benzene rings is 1. The van der Waals surface area contributed by atoms with Gasteiger partial charge in [-0.05, 0) is 69.9 Å². The van der Waals surface area contributed by atoms with Gasteiger partial charge in [0.1, 0.15) is 6.73 Å². The lowest BCUT2D eigenvalue weighted by Gasteiger charge is -2.32. The molecule has 3 aromatic rings. The third-order valence-electron chi connectivity index (χ3n) is 7.04. The summed E-state index contributed by atoms with van der Waals surface area (Å²) in [4.78, 5) is 0. The van der Waals surface area contributed by atoms with Gasteiger partial charge in [0, 0.05) is 38.9 Å².